The molecule has 5 nitrogen and oxygen atoms in total. The third-order valence-corrected chi connectivity index (χ3v) is 8.48. The van der Waals surface area contributed by atoms with E-state index in [1.807, 2.05) is 84.6 Å². The minimum Gasteiger partial charge on any atom is -0.369 e. The highest BCUT2D eigenvalue weighted by Gasteiger charge is 2.63. The van der Waals surface area contributed by atoms with Crippen molar-refractivity contribution in [3.8, 4) is 0 Å². The predicted octanol–water partition coefficient (Wildman–Crippen LogP) is 5.20. The normalized spacial score (nSPS) is 20.8. The topological polar surface area (TPSA) is 66.5 Å². The number of benzene rings is 4. The number of nitrogens with zero attached hydrogens (tertiary/aromatic N) is 1. The lowest BCUT2D eigenvalue weighted by atomic mass is 9.63. The lowest BCUT2D eigenvalue weighted by molar-refractivity contribution is 0.0877. The summed E-state index contributed by atoms with van der Waals surface area (Å²) in [6.07, 6.45) is 0. The largest absolute Gasteiger partial charge is 0.369 e. The standard InChI is InChI=1S/C33H22N2O3/c1-18-12-14-20(15-13-18)29(36)27-32-34-16-17-35(32)28-21-8-2-3-9-22(21)30(37)26(28)33(27)24-11-5-7-19-6-4-10-23(25(19)24)31(33)38/h2-15,34H,16-17H2,1H3/t33-/m1/s1. The highest BCUT2D eigenvalue weighted by atomic mass is 16.1. The minimum atomic E-state index is -1.54. The van der Waals surface area contributed by atoms with Crippen molar-refractivity contribution < 1.29 is 14.4 Å². The van der Waals surface area contributed by atoms with Crippen LogP contribution in [0.1, 0.15) is 47.8 Å². The Balaban J connectivity index is 1.53. The molecule has 1 atom stereocenters. The highest BCUT2D eigenvalue weighted by Crippen LogP contribution is 2.60. The summed E-state index contributed by atoms with van der Waals surface area (Å²) in [5, 5.41) is 5.18. The van der Waals surface area contributed by atoms with Gasteiger partial charge in [0.05, 0.1) is 11.3 Å². The fourth-order valence-electron chi connectivity index (χ4n) is 6.93. The average molecular weight is 495 g/mol. The number of carbonyl (C=O) groups excluding carboxylic acids is 3. The molecule has 8 rings (SSSR count). The Kier molecular flexibility index (Phi) is 4.02. The van der Waals surface area contributed by atoms with E-state index in [2.05, 4.69) is 5.32 Å². The summed E-state index contributed by atoms with van der Waals surface area (Å²) < 4.78 is 0. The second-order valence-corrected chi connectivity index (χ2v) is 10.4. The maximum Gasteiger partial charge on any atom is 0.194 e. The van der Waals surface area contributed by atoms with E-state index in [0.29, 0.717) is 52.3 Å². The second-order valence-electron chi connectivity index (χ2n) is 10.4. The van der Waals surface area contributed by atoms with Gasteiger partial charge >= 0.3 is 0 Å². The summed E-state index contributed by atoms with van der Waals surface area (Å²) in [5.74, 6) is -0.0203. The molecule has 1 fully saturated rings. The van der Waals surface area contributed by atoms with E-state index >= 15 is 0 Å². The Labute approximate surface area is 219 Å². The SMILES string of the molecule is Cc1ccc(C(=O)C2=C3NCCN3C3=C(C(=O)c4ccccc43)[C@@]23C(=O)c2cccc4cccc3c24)cc1. The fraction of sp³-hybridized carbons (Fsp3) is 0.121. The number of carbonyl (C=O) groups is 3. The number of fused-ring (bicyclic) bond motifs is 6. The molecule has 4 aromatic carbocycles. The van der Waals surface area contributed by atoms with Crippen molar-refractivity contribution in [3.63, 3.8) is 0 Å². The summed E-state index contributed by atoms with van der Waals surface area (Å²) in [7, 11) is 0. The van der Waals surface area contributed by atoms with Gasteiger partial charge < -0.3 is 10.2 Å². The van der Waals surface area contributed by atoms with Crippen LogP contribution in [-0.2, 0) is 5.41 Å². The fourth-order valence-corrected chi connectivity index (χ4v) is 6.93. The van der Waals surface area contributed by atoms with E-state index in [-0.39, 0.29) is 17.3 Å². The highest BCUT2D eigenvalue weighted by molar-refractivity contribution is 6.36. The second kappa shape index (κ2) is 7.17. The van der Waals surface area contributed by atoms with Gasteiger partial charge in [0.15, 0.2) is 17.3 Å². The van der Waals surface area contributed by atoms with Gasteiger partial charge in [-0.2, -0.15) is 0 Å². The zero-order valence-electron chi connectivity index (χ0n) is 20.7. The summed E-state index contributed by atoms with van der Waals surface area (Å²) in [6.45, 7) is 3.18. The zero-order chi connectivity index (χ0) is 25.8. The van der Waals surface area contributed by atoms with Crippen molar-refractivity contribution in [1.82, 2.24) is 10.2 Å². The summed E-state index contributed by atoms with van der Waals surface area (Å²) in [5.41, 5.74) is 4.11. The maximum atomic E-state index is 14.9. The van der Waals surface area contributed by atoms with E-state index in [9.17, 15) is 14.4 Å². The van der Waals surface area contributed by atoms with Crippen LogP contribution in [0.15, 0.2) is 102 Å². The first kappa shape index (κ1) is 21.3. The molecule has 2 aliphatic heterocycles. The molecular formula is C33H22N2O3. The van der Waals surface area contributed by atoms with Crippen LogP contribution >= 0.6 is 0 Å². The predicted molar refractivity (Wildman–Crippen MR) is 145 cm³/mol. The molecule has 38 heavy (non-hydrogen) atoms. The Morgan fingerprint density at radius 2 is 1.55 bits per heavy atom. The first-order chi connectivity index (χ1) is 18.5. The van der Waals surface area contributed by atoms with E-state index in [4.69, 9.17) is 0 Å². The van der Waals surface area contributed by atoms with Crippen LogP contribution < -0.4 is 5.32 Å². The zero-order valence-corrected chi connectivity index (χ0v) is 20.7. The minimum absolute atomic E-state index is 0.186. The molecule has 0 unspecified atom stereocenters. The number of aryl methyl sites for hydroxylation is 1. The first-order valence-corrected chi connectivity index (χ1v) is 12.9. The summed E-state index contributed by atoms with van der Waals surface area (Å²) >= 11 is 0. The summed E-state index contributed by atoms with van der Waals surface area (Å²) in [4.78, 5) is 45.9. The molecular weight excluding hydrogens is 472 g/mol. The van der Waals surface area contributed by atoms with Crippen molar-refractivity contribution >= 4 is 33.8 Å². The van der Waals surface area contributed by atoms with Crippen LogP contribution in [0.3, 0.4) is 0 Å². The van der Waals surface area contributed by atoms with Crippen LogP contribution in [0.25, 0.3) is 16.5 Å². The molecule has 0 aromatic heterocycles. The molecule has 0 amide bonds. The smallest absolute Gasteiger partial charge is 0.194 e. The van der Waals surface area contributed by atoms with Crippen molar-refractivity contribution in [2.45, 2.75) is 12.3 Å². The number of nitrogens with one attached hydrogen (secondary N) is 1. The Hall–Kier alpha value is -4.77. The van der Waals surface area contributed by atoms with Crippen molar-refractivity contribution in [1.29, 1.82) is 0 Å². The Morgan fingerprint density at radius 3 is 2.34 bits per heavy atom. The molecule has 2 aliphatic carbocycles. The molecule has 1 N–H and O–H groups in total. The van der Waals surface area contributed by atoms with Crippen LogP contribution in [0.4, 0.5) is 0 Å². The van der Waals surface area contributed by atoms with E-state index in [1.54, 1.807) is 12.1 Å². The quantitative estimate of drug-likeness (QED) is 0.388. The van der Waals surface area contributed by atoms with Gasteiger partial charge in [-0.1, -0.05) is 90.5 Å². The number of rotatable bonds is 2. The number of hydrogen-bond acceptors (Lipinski definition) is 5. The van der Waals surface area contributed by atoms with Crippen LogP contribution in [-0.4, -0.2) is 35.3 Å². The Morgan fingerprint density at radius 1 is 0.842 bits per heavy atom. The van der Waals surface area contributed by atoms with Crippen LogP contribution in [0.5, 0.6) is 0 Å². The van der Waals surface area contributed by atoms with Gasteiger partial charge in [-0.15, -0.1) is 0 Å². The average Bonchev–Trinajstić information content (AvgIpc) is 3.60. The van der Waals surface area contributed by atoms with Gasteiger partial charge in [0.1, 0.15) is 11.2 Å². The molecule has 1 spiro atoms. The molecule has 2 heterocycles. The van der Waals surface area contributed by atoms with Crippen LogP contribution in [0.2, 0.25) is 0 Å². The van der Waals surface area contributed by atoms with Crippen molar-refractivity contribution in [3.05, 3.63) is 135 Å². The molecule has 4 aromatic rings. The molecule has 4 aliphatic rings. The van der Waals surface area contributed by atoms with Gasteiger partial charge in [-0.25, -0.2) is 0 Å². The molecule has 182 valence electrons. The third-order valence-electron chi connectivity index (χ3n) is 8.48. The number of hydrogen-bond donors (Lipinski definition) is 1. The molecule has 0 saturated carbocycles. The summed E-state index contributed by atoms with van der Waals surface area (Å²) in [6, 6.07) is 26.4. The monoisotopic (exact) mass is 494 g/mol. The molecule has 1 saturated heterocycles. The van der Waals surface area contributed by atoms with Gasteiger partial charge in [-0.3, -0.25) is 14.4 Å². The Bertz CT molecular complexity index is 1860. The van der Waals surface area contributed by atoms with E-state index in [1.165, 1.54) is 0 Å². The van der Waals surface area contributed by atoms with Crippen molar-refractivity contribution in [2.75, 3.05) is 13.1 Å². The molecule has 0 radical (unpaired) electrons. The molecule has 0 bridgehead atoms. The van der Waals surface area contributed by atoms with Crippen molar-refractivity contribution in [2.24, 2.45) is 0 Å². The third kappa shape index (κ3) is 2.35. The van der Waals surface area contributed by atoms with Gasteiger partial charge in [0.25, 0.3) is 0 Å². The van der Waals surface area contributed by atoms with Gasteiger partial charge in [0, 0.05) is 40.9 Å². The van der Waals surface area contributed by atoms with E-state index in [0.717, 1.165) is 27.6 Å². The van der Waals surface area contributed by atoms with E-state index < -0.39 is 5.41 Å². The number of ketones is 3. The lowest BCUT2D eigenvalue weighted by Gasteiger charge is -2.40. The number of allylic oxidation sites excluding steroid dienone is 2. The lowest BCUT2D eigenvalue weighted by Crippen LogP contribution is -2.47. The number of Topliss-reactive ketones (excluding diaryl/α,β-unsaturated/α-hetero) is 3. The maximum absolute atomic E-state index is 14.9. The van der Waals surface area contributed by atoms with Gasteiger partial charge in [-0.05, 0) is 23.3 Å². The van der Waals surface area contributed by atoms with Gasteiger partial charge in [0.2, 0.25) is 0 Å². The molecule has 5 heteroatoms. The van der Waals surface area contributed by atoms with Crippen LogP contribution in [0, 0.1) is 6.92 Å². The first-order valence-electron chi connectivity index (χ1n) is 12.9.